The molecular weight excluding hydrogens is 434 g/mol. The highest BCUT2D eigenvalue weighted by Crippen LogP contribution is 2.36. The Morgan fingerprint density at radius 1 is 1.12 bits per heavy atom. The summed E-state index contributed by atoms with van der Waals surface area (Å²) >= 11 is 0. The number of nitriles is 1. The van der Waals surface area contributed by atoms with E-state index in [4.69, 9.17) is 0 Å². The van der Waals surface area contributed by atoms with Gasteiger partial charge in [-0.3, -0.25) is 14.9 Å². The average molecular weight is 466 g/mol. The number of nitrogens with zero attached hydrogens (tertiary/aromatic N) is 6. The summed E-state index contributed by atoms with van der Waals surface area (Å²) in [5.74, 6) is 1.12. The zero-order chi connectivity index (χ0) is 24.1. The first-order valence-electron chi connectivity index (χ1n) is 11.7. The molecule has 4 rings (SSSR count). The van der Waals surface area contributed by atoms with Gasteiger partial charge in [0.1, 0.15) is 17.6 Å². The third kappa shape index (κ3) is 4.83. The Hall–Kier alpha value is -3.22. The number of piperazine rings is 1. The number of hydrogen-bond acceptors (Lipinski definition) is 7. The second kappa shape index (κ2) is 10.8. The maximum atomic E-state index is 12.9. The van der Waals surface area contributed by atoms with Gasteiger partial charge in [-0.25, -0.2) is 10.3 Å². The Bertz CT molecular complexity index is 994. The highest BCUT2D eigenvalue weighted by Gasteiger charge is 2.46. The van der Waals surface area contributed by atoms with Crippen molar-refractivity contribution >= 4 is 17.8 Å². The van der Waals surface area contributed by atoms with E-state index in [1.165, 1.54) is 5.56 Å². The molecule has 3 saturated heterocycles. The fourth-order valence-electron chi connectivity index (χ4n) is 5.43. The first kappa shape index (κ1) is 23.9. The lowest BCUT2D eigenvalue weighted by molar-refractivity contribution is -0.135. The predicted octanol–water partition coefficient (Wildman–Crippen LogP) is 0.472. The molecule has 10 nitrogen and oxygen atoms in total. The molecule has 10 heteroatoms. The van der Waals surface area contributed by atoms with Gasteiger partial charge in [0, 0.05) is 45.3 Å². The largest absolute Gasteiger partial charge is 0.339 e. The van der Waals surface area contributed by atoms with Gasteiger partial charge < -0.3 is 14.7 Å². The number of nitrogens with one attached hydrogen (secondary N) is 1. The Kier molecular flexibility index (Phi) is 7.60. The van der Waals surface area contributed by atoms with E-state index in [2.05, 4.69) is 26.9 Å². The number of carbonyl (C=O) groups excluding carboxylic acids is 2. The number of aliphatic imine (C=N–C) groups is 1. The summed E-state index contributed by atoms with van der Waals surface area (Å²) in [6, 6.07) is 10.0. The van der Waals surface area contributed by atoms with Gasteiger partial charge in [0.2, 0.25) is 12.2 Å². The molecule has 2 unspecified atom stereocenters. The van der Waals surface area contributed by atoms with Crippen molar-refractivity contribution in [2.75, 3.05) is 52.9 Å². The number of guanidine groups is 1. The topological polar surface area (TPSA) is 116 Å². The molecule has 0 aromatic heterocycles. The number of carbonyl (C=O) groups is 1. The van der Waals surface area contributed by atoms with Gasteiger partial charge in [-0.15, -0.1) is 4.99 Å². The molecular formula is C24H31N7O3. The minimum Gasteiger partial charge on any atom is -0.339 e. The fraction of sp³-hybridized carbons (Fsp3) is 0.542. The summed E-state index contributed by atoms with van der Waals surface area (Å²) in [5.41, 5.74) is 3.12. The van der Waals surface area contributed by atoms with E-state index in [9.17, 15) is 20.1 Å². The SMILES string of the molecule is CN1CCN(/C(=N/C#N)N2CCC(N3CC[C@H](c4ccccc4)C3)C(C(=O)NO)C2=C=O)CC1. The third-order valence-corrected chi connectivity index (χ3v) is 7.25. The number of hydroxylamine groups is 1. The van der Waals surface area contributed by atoms with Gasteiger partial charge >= 0.3 is 0 Å². The molecule has 0 aliphatic carbocycles. The normalized spacial score (nSPS) is 26.8. The van der Waals surface area contributed by atoms with Crippen LogP contribution in [0.4, 0.5) is 0 Å². The number of piperidine rings is 1. The zero-order valence-corrected chi connectivity index (χ0v) is 19.4. The second-order valence-corrected chi connectivity index (χ2v) is 9.14. The van der Waals surface area contributed by atoms with Crippen LogP contribution in [0.1, 0.15) is 24.3 Å². The van der Waals surface area contributed by atoms with Crippen molar-refractivity contribution in [2.45, 2.75) is 24.8 Å². The minimum atomic E-state index is -0.915. The van der Waals surface area contributed by atoms with Crippen LogP contribution in [0.5, 0.6) is 0 Å². The lowest BCUT2D eigenvalue weighted by Gasteiger charge is -2.45. The van der Waals surface area contributed by atoms with Gasteiger partial charge in [0.15, 0.2) is 0 Å². The number of likely N-dealkylation sites (N-methyl/N-ethyl adjacent to an activating group) is 1. The van der Waals surface area contributed by atoms with Crippen molar-refractivity contribution in [3.05, 3.63) is 41.6 Å². The lowest BCUT2D eigenvalue weighted by atomic mass is 9.87. The van der Waals surface area contributed by atoms with E-state index < -0.39 is 11.8 Å². The van der Waals surface area contributed by atoms with Gasteiger partial charge in [-0.05, 0) is 37.9 Å². The quantitative estimate of drug-likeness (QED) is 0.165. The van der Waals surface area contributed by atoms with E-state index in [0.29, 0.717) is 37.9 Å². The molecule has 1 aromatic rings. The van der Waals surface area contributed by atoms with Crippen molar-refractivity contribution < 1.29 is 14.8 Å². The van der Waals surface area contributed by atoms with Crippen molar-refractivity contribution in [1.29, 1.82) is 5.26 Å². The van der Waals surface area contributed by atoms with Crippen LogP contribution in [0.15, 0.2) is 41.0 Å². The number of benzene rings is 1. The molecule has 3 aliphatic heterocycles. The Morgan fingerprint density at radius 2 is 1.85 bits per heavy atom. The molecule has 1 amide bonds. The molecule has 0 spiro atoms. The van der Waals surface area contributed by atoms with Crippen molar-refractivity contribution in [3.63, 3.8) is 0 Å². The van der Waals surface area contributed by atoms with Crippen molar-refractivity contribution in [1.82, 2.24) is 25.1 Å². The van der Waals surface area contributed by atoms with Crippen molar-refractivity contribution in [3.8, 4) is 6.19 Å². The summed E-state index contributed by atoms with van der Waals surface area (Å²) < 4.78 is 0. The average Bonchev–Trinajstić information content (AvgIpc) is 3.37. The molecule has 3 aliphatic rings. The maximum absolute atomic E-state index is 12.9. The summed E-state index contributed by atoms with van der Waals surface area (Å²) in [6.07, 6.45) is 3.40. The van der Waals surface area contributed by atoms with Crippen LogP contribution in [0.25, 0.3) is 0 Å². The number of amides is 1. The van der Waals surface area contributed by atoms with E-state index in [1.54, 1.807) is 10.4 Å². The first-order valence-corrected chi connectivity index (χ1v) is 11.7. The third-order valence-electron chi connectivity index (χ3n) is 7.25. The first-order chi connectivity index (χ1) is 16.6. The van der Waals surface area contributed by atoms with Crippen LogP contribution in [-0.2, 0) is 9.59 Å². The van der Waals surface area contributed by atoms with Crippen LogP contribution in [0.3, 0.4) is 0 Å². The molecule has 1 aromatic carbocycles. The van der Waals surface area contributed by atoms with Crippen LogP contribution in [0.2, 0.25) is 0 Å². The van der Waals surface area contributed by atoms with Gasteiger partial charge in [-0.1, -0.05) is 30.3 Å². The zero-order valence-electron chi connectivity index (χ0n) is 19.4. The van der Waals surface area contributed by atoms with Crippen molar-refractivity contribution in [2.24, 2.45) is 10.9 Å². The van der Waals surface area contributed by atoms with Gasteiger partial charge in [-0.2, -0.15) is 5.26 Å². The molecule has 3 fully saturated rings. The van der Waals surface area contributed by atoms with Crippen LogP contribution in [0, 0.1) is 17.4 Å². The molecule has 3 heterocycles. The van der Waals surface area contributed by atoms with E-state index in [-0.39, 0.29) is 11.7 Å². The molecule has 34 heavy (non-hydrogen) atoms. The monoisotopic (exact) mass is 465 g/mol. The fourth-order valence-corrected chi connectivity index (χ4v) is 5.43. The second-order valence-electron chi connectivity index (χ2n) is 9.14. The van der Waals surface area contributed by atoms with E-state index in [1.807, 2.05) is 42.3 Å². The summed E-state index contributed by atoms with van der Waals surface area (Å²) in [7, 11) is 2.03. The molecule has 3 atom stereocenters. The summed E-state index contributed by atoms with van der Waals surface area (Å²) in [5, 5.41) is 18.9. The Morgan fingerprint density at radius 3 is 2.50 bits per heavy atom. The predicted molar refractivity (Wildman–Crippen MR) is 125 cm³/mol. The highest BCUT2D eigenvalue weighted by atomic mass is 16.5. The molecule has 180 valence electrons. The molecule has 2 N–H and O–H groups in total. The van der Waals surface area contributed by atoms with E-state index in [0.717, 1.165) is 32.6 Å². The minimum absolute atomic E-state index is 0.110. The Labute approximate surface area is 199 Å². The summed E-state index contributed by atoms with van der Waals surface area (Å²) in [4.78, 5) is 37.2. The standard InChI is InChI=1S/C24H31N7O3/c1-28-11-13-29(14-12-28)24(26-17-25)31-10-8-20(22(21(31)16-32)23(33)27-34)30-9-7-19(15-30)18-5-3-2-4-6-18/h2-6,19-20,22,34H,7-15H2,1H3,(H,27,33)/b26-24-/t19-,20?,22?/m0/s1. The summed E-state index contributed by atoms with van der Waals surface area (Å²) in [6.45, 7) is 4.92. The number of likely N-dealkylation sites (tertiary alicyclic amines) is 2. The molecule has 0 bridgehead atoms. The smallest absolute Gasteiger partial charge is 0.254 e. The van der Waals surface area contributed by atoms with Crippen LogP contribution < -0.4 is 5.48 Å². The van der Waals surface area contributed by atoms with Gasteiger partial charge in [0.05, 0.1) is 0 Å². The van der Waals surface area contributed by atoms with Crippen LogP contribution >= 0.6 is 0 Å². The number of hydrogen-bond donors (Lipinski definition) is 2. The molecule has 0 saturated carbocycles. The van der Waals surface area contributed by atoms with E-state index >= 15 is 0 Å². The van der Waals surface area contributed by atoms with Crippen LogP contribution in [-0.4, -0.2) is 102 Å². The van der Waals surface area contributed by atoms with Gasteiger partial charge in [0.25, 0.3) is 5.91 Å². The number of rotatable bonds is 3. The Balaban J connectivity index is 1.58. The maximum Gasteiger partial charge on any atom is 0.254 e. The molecule has 0 radical (unpaired) electrons. The lowest BCUT2D eigenvalue weighted by Crippen LogP contribution is -2.59. The highest BCUT2D eigenvalue weighted by molar-refractivity contribution is 5.90.